The molecule has 0 saturated heterocycles. The molecule has 2 rings (SSSR count). The van der Waals surface area contributed by atoms with Crippen molar-refractivity contribution < 1.29 is 4.39 Å². The van der Waals surface area contributed by atoms with Crippen molar-refractivity contribution in [1.82, 2.24) is 5.43 Å². The summed E-state index contributed by atoms with van der Waals surface area (Å²) < 4.78 is 14.8. The predicted molar refractivity (Wildman–Crippen MR) is 84.1 cm³/mol. The number of hydrogen-bond acceptors (Lipinski definition) is 2. The topological polar surface area (TPSA) is 38.0 Å². The molecule has 2 aromatic rings. The third-order valence-corrected chi connectivity index (χ3v) is 3.88. The van der Waals surface area contributed by atoms with Crippen LogP contribution in [-0.4, -0.2) is 6.04 Å². The summed E-state index contributed by atoms with van der Waals surface area (Å²) in [6, 6.07) is 12.7. The Labute approximate surface area is 131 Å². The third kappa shape index (κ3) is 4.28. The Balaban J connectivity index is 2.07. The molecule has 0 radical (unpaired) electrons. The highest BCUT2D eigenvalue weighted by atomic mass is 79.9. The quantitative estimate of drug-likeness (QED) is 0.630. The molecule has 0 heterocycles. The van der Waals surface area contributed by atoms with E-state index in [2.05, 4.69) is 21.4 Å². The molecule has 0 fully saturated rings. The molecule has 2 nitrogen and oxygen atoms in total. The van der Waals surface area contributed by atoms with E-state index in [1.807, 2.05) is 24.3 Å². The minimum atomic E-state index is -0.298. The maximum Gasteiger partial charge on any atom is 0.127 e. The van der Waals surface area contributed by atoms with Gasteiger partial charge in [0.1, 0.15) is 5.82 Å². The van der Waals surface area contributed by atoms with E-state index in [9.17, 15) is 4.39 Å². The lowest BCUT2D eigenvalue weighted by molar-refractivity contribution is 0.506. The minimum Gasteiger partial charge on any atom is -0.271 e. The second-order valence-electron chi connectivity index (χ2n) is 4.63. The second kappa shape index (κ2) is 7.18. The molecule has 1 atom stereocenters. The van der Waals surface area contributed by atoms with Crippen LogP contribution < -0.4 is 11.3 Å². The van der Waals surface area contributed by atoms with Crippen molar-refractivity contribution in [2.24, 2.45) is 5.84 Å². The molecule has 0 aromatic heterocycles. The molecule has 0 bridgehead atoms. The molecule has 0 aliphatic heterocycles. The lowest BCUT2D eigenvalue weighted by Crippen LogP contribution is -2.38. The Kier molecular flexibility index (Phi) is 5.54. The van der Waals surface area contributed by atoms with Gasteiger partial charge in [0.15, 0.2) is 0 Å². The zero-order chi connectivity index (χ0) is 14.5. The molecule has 1 unspecified atom stereocenters. The van der Waals surface area contributed by atoms with E-state index in [-0.39, 0.29) is 11.9 Å². The van der Waals surface area contributed by atoms with Crippen LogP contribution in [0.15, 0.2) is 46.9 Å². The normalized spacial score (nSPS) is 12.4. The number of halogens is 3. The van der Waals surface area contributed by atoms with Crippen molar-refractivity contribution in [2.45, 2.75) is 18.9 Å². The number of nitrogens with one attached hydrogen (secondary N) is 1. The van der Waals surface area contributed by atoms with Crippen LogP contribution in [0.5, 0.6) is 0 Å². The molecule has 0 aliphatic rings. The summed E-state index contributed by atoms with van der Waals surface area (Å²) in [5.41, 5.74) is 4.49. The van der Waals surface area contributed by atoms with Crippen molar-refractivity contribution in [3.05, 3.63) is 68.9 Å². The van der Waals surface area contributed by atoms with Crippen LogP contribution in [0, 0.1) is 5.82 Å². The molecule has 0 spiro atoms. The highest BCUT2D eigenvalue weighted by Crippen LogP contribution is 2.18. The Morgan fingerprint density at radius 1 is 1.15 bits per heavy atom. The zero-order valence-electron chi connectivity index (χ0n) is 10.7. The van der Waals surface area contributed by atoms with Gasteiger partial charge in [0.25, 0.3) is 0 Å². The number of rotatable bonds is 5. The molecule has 0 aliphatic carbocycles. The Hall–Kier alpha value is -0.940. The first kappa shape index (κ1) is 15.4. The van der Waals surface area contributed by atoms with Crippen LogP contribution in [-0.2, 0) is 12.8 Å². The molecular formula is C15H15BrClFN2. The van der Waals surface area contributed by atoms with E-state index in [1.54, 1.807) is 12.1 Å². The van der Waals surface area contributed by atoms with Crippen molar-refractivity contribution in [2.75, 3.05) is 0 Å². The van der Waals surface area contributed by atoms with Crippen LogP contribution in [0.25, 0.3) is 0 Å². The predicted octanol–water partition coefficient (Wildman–Crippen LogP) is 3.86. The van der Waals surface area contributed by atoms with Gasteiger partial charge in [-0.05, 0) is 48.2 Å². The van der Waals surface area contributed by atoms with Gasteiger partial charge in [-0.3, -0.25) is 11.3 Å². The molecule has 106 valence electrons. The average molecular weight is 358 g/mol. The van der Waals surface area contributed by atoms with Gasteiger partial charge in [-0.25, -0.2) is 4.39 Å². The summed E-state index contributed by atoms with van der Waals surface area (Å²) in [5.74, 6) is 5.27. The van der Waals surface area contributed by atoms with Gasteiger partial charge in [-0.15, -0.1) is 0 Å². The van der Waals surface area contributed by atoms with Crippen LogP contribution in [0.3, 0.4) is 0 Å². The molecule has 20 heavy (non-hydrogen) atoms. The van der Waals surface area contributed by atoms with E-state index in [1.165, 1.54) is 6.07 Å². The summed E-state index contributed by atoms with van der Waals surface area (Å²) in [5, 5.41) is 0.399. The number of benzene rings is 2. The number of nitrogens with two attached hydrogens (primary N) is 1. The monoisotopic (exact) mass is 356 g/mol. The smallest absolute Gasteiger partial charge is 0.127 e. The Morgan fingerprint density at radius 2 is 1.85 bits per heavy atom. The highest BCUT2D eigenvalue weighted by Gasteiger charge is 2.12. The molecule has 3 N–H and O–H groups in total. The van der Waals surface area contributed by atoms with E-state index in [0.717, 1.165) is 16.5 Å². The number of hydrazine groups is 1. The fourth-order valence-corrected chi connectivity index (χ4v) is 2.47. The first-order chi connectivity index (χ1) is 9.58. The van der Waals surface area contributed by atoms with Gasteiger partial charge in [0, 0.05) is 15.5 Å². The van der Waals surface area contributed by atoms with Crippen LogP contribution in [0.1, 0.15) is 11.1 Å². The Bertz CT molecular complexity index is 575. The van der Waals surface area contributed by atoms with Crippen molar-refractivity contribution in [3.63, 3.8) is 0 Å². The molecule has 0 amide bonds. The lowest BCUT2D eigenvalue weighted by atomic mass is 9.99. The third-order valence-electron chi connectivity index (χ3n) is 3.11. The maximum atomic E-state index is 13.8. The fourth-order valence-electron chi connectivity index (χ4n) is 2.05. The highest BCUT2D eigenvalue weighted by molar-refractivity contribution is 9.10. The summed E-state index contributed by atoms with van der Waals surface area (Å²) in [4.78, 5) is 0. The van der Waals surface area contributed by atoms with E-state index < -0.39 is 0 Å². The fraction of sp³-hybridized carbons (Fsp3) is 0.200. The summed E-state index contributed by atoms with van der Waals surface area (Å²) in [6.07, 6.45) is 1.24. The van der Waals surface area contributed by atoms with Crippen LogP contribution in [0.4, 0.5) is 4.39 Å². The molecule has 5 heteroatoms. The molecule has 2 aromatic carbocycles. The second-order valence-corrected chi connectivity index (χ2v) is 5.99. The summed E-state index contributed by atoms with van der Waals surface area (Å²) in [7, 11) is 0. The van der Waals surface area contributed by atoms with Crippen molar-refractivity contribution in [3.8, 4) is 0 Å². The van der Waals surface area contributed by atoms with Gasteiger partial charge in [-0.2, -0.15) is 0 Å². The van der Waals surface area contributed by atoms with E-state index >= 15 is 0 Å². The Morgan fingerprint density at radius 3 is 2.45 bits per heavy atom. The van der Waals surface area contributed by atoms with Crippen LogP contribution in [0.2, 0.25) is 5.02 Å². The summed E-state index contributed by atoms with van der Waals surface area (Å²) in [6.45, 7) is 0. The largest absolute Gasteiger partial charge is 0.271 e. The van der Waals surface area contributed by atoms with Gasteiger partial charge in [0.05, 0.1) is 0 Å². The van der Waals surface area contributed by atoms with Gasteiger partial charge < -0.3 is 0 Å². The van der Waals surface area contributed by atoms with Crippen molar-refractivity contribution in [1.29, 1.82) is 0 Å². The SMILES string of the molecule is NNC(Cc1ccc(Br)cc1)Cc1ccc(Cl)cc1F. The molecular weight excluding hydrogens is 343 g/mol. The van der Waals surface area contributed by atoms with Gasteiger partial charge >= 0.3 is 0 Å². The van der Waals surface area contributed by atoms with Gasteiger partial charge in [-0.1, -0.05) is 45.7 Å². The average Bonchev–Trinajstić information content (AvgIpc) is 2.43. The zero-order valence-corrected chi connectivity index (χ0v) is 13.1. The minimum absolute atomic E-state index is 0.0353. The lowest BCUT2D eigenvalue weighted by Gasteiger charge is -2.16. The molecule has 0 saturated carbocycles. The first-order valence-corrected chi connectivity index (χ1v) is 7.40. The first-order valence-electron chi connectivity index (χ1n) is 6.23. The van der Waals surface area contributed by atoms with E-state index in [0.29, 0.717) is 17.0 Å². The van der Waals surface area contributed by atoms with Crippen molar-refractivity contribution >= 4 is 27.5 Å². The maximum absolute atomic E-state index is 13.8. The number of hydrogen-bond donors (Lipinski definition) is 2. The summed E-state index contributed by atoms with van der Waals surface area (Å²) >= 11 is 9.14. The van der Waals surface area contributed by atoms with Gasteiger partial charge in [0.2, 0.25) is 0 Å². The van der Waals surface area contributed by atoms with Crippen LogP contribution >= 0.6 is 27.5 Å². The van der Waals surface area contributed by atoms with E-state index in [4.69, 9.17) is 17.4 Å². The standard InChI is InChI=1S/C15H15BrClFN2/c16-12-4-1-10(2-5-12)7-14(20-19)8-11-3-6-13(17)9-15(11)18/h1-6,9,14,20H,7-8,19H2.